The largest absolute Gasteiger partial charge is 0.393 e. The van der Waals surface area contributed by atoms with Gasteiger partial charge in [-0.25, -0.2) is 0 Å². The lowest BCUT2D eigenvalue weighted by molar-refractivity contribution is -0.145. The molecule has 0 aliphatic rings. The minimum Gasteiger partial charge on any atom is -0.393 e. The Labute approximate surface area is 70.6 Å². The normalized spacial score (nSPS) is 18.4. The van der Waals surface area contributed by atoms with Gasteiger partial charge in [-0.05, 0) is 6.92 Å². The molecule has 0 rings (SSSR count). The minimum atomic E-state index is -1.48. The van der Waals surface area contributed by atoms with Crippen LogP contribution in [0.5, 0.6) is 0 Å². The van der Waals surface area contributed by atoms with Crippen molar-refractivity contribution in [2.24, 2.45) is 0 Å². The SMILES string of the molecule is CO[C@@H](C(=O)[C@@H](O)CO)[C@@H](C)O. The molecule has 72 valence electrons. The fourth-order valence-corrected chi connectivity index (χ4v) is 0.830. The lowest BCUT2D eigenvalue weighted by Gasteiger charge is -2.18. The maximum absolute atomic E-state index is 11.1. The molecule has 0 fully saturated rings. The van der Waals surface area contributed by atoms with Crippen LogP contribution in [-0.4, -0.2) is 53.1 Å². The minimum absolute atomic E-state index is 0.661. The van der Waals surface area contributed by atoms with Gasteiger partial charge in [0.2, 0.25) is 0 Å². The number of hydrogen-bond acceptors (Lipinski definition) is 5. The van der Waals surface area contributed by atoms with E-state index in [4.69, 9.17) is 15.3 Å². The van der Waals surface area contributed by atoms with E-state index in [0.717, 1.165) is 0 Å². The van der Waals surface area contributed by atoms with Crippen LogP contribution < -0.4 is 0 Å². The second-order valence-electron chi connectivity index (χ2n) is 2.50. The highest BCUT2D eigenvalue weighted by molar-refractivity contribution is 5.87. The monoisotopic (exact) mass is 178 g/mol. The third-order valence-corrected chi connectivity index (χ3v) is 1.47. The maximum atomic E-state index is 11.1. The summed E-state index contributed by atoms with van der Waals surface area (Å²) >= 11 is 0. The molecule has 0 unspecified atom stereocenters. The molecule has 0 heterocycles. The van der Waals surface area contributed by atoms with E-state index in [1.165, 1.54) is 14.0 Å². The number of carbonyl (C=O) groups excluding carboxylic acids is 1. The number of aliphatic hydroxyl groups excluding tert-OH is 3. The maximum Gasteiger partial charge on any atom is 0.194 e. The third kappa shape index (κ3) is 2.86. The molecule has 0 aromatic heterocycles. The first-order valence-corrected chi connectivity index (χ1v) is 3.58. The quantitative estimate of drug-likeness (QED) is 0.467. The molecule has 3 N–H and O–H groups in total. The van der Waals surface area contributed by atoms with Gasteiger partial charge in [0.15, 0.2) is 5.78 Å². The number of methoxy groups -OCH3 is 1. The molecular formula is C7H14O5. The van der Waals surface area contributed by atoms with Crippen molar-refractivity contribution in [1.29, 1.82) is 0 Å². The van der Waals surface area contributed by atoms with Gasteiger partial charge in [-0.2, -0.15) is 0 Å². The summed E-state index contributed by atoms with van der Waals surface area (Å²) in [5, 5.41) is 26.3. The first-order chi connectivity index (χ1) is 5.54. The Morgan fingerprint density at radius 1 is 1.50 bits per heavy atom. The van der Waals surface area contributed by atoms with Gasteiger partial charge in [0.25, 0.3) is 0 Å². The van der Waals surface area contributed by atoms with E-state index in [1.54, 1.807) is 0 Å². The molecule has 0 amide bonds. The molecule has 0 aromatic carbocycles. The van der Waals surface area contributed by atoms with Gasteiger partial charge < -0.3 is 20.1 Å². The van der Waals surface area contributed by atoms with Gasteiger partial charge in [-0.15, -0.1) is 0 Å². The van der Waals surface area contributed by atoms with Crippen molar-refractivity contribution in [1.82, 2.24) is 0 Å². The molecular weight excluding hydrogens is 164 g/mol. The Kier molecular flexibility index (Phi) is 5.00. The highest BCUT2D eigenvalue weighted by atomic mass is 16.5. The van der Waals surface area contributed by atoms with Crippen LogP contribution in [-0.2, 0) is 9.53 Å². The van der Waals surface area contributed by atoms with Crippen molar-refractivity contribution in [3.63, 3.8) is 0 Å². The van der Waals surface area contributed by atoms with Gasteiger partial charge in [-0.1, -0.05) is 0 Å². The molecule has 5 heteroatoms. The number of rotatable bonds is 5. The van der Waals surface area contributed by atoms with Crippen LogP contribution >= 0.6 is 0 Å². The summed E-state index contributed by atoms with van der Waals surface area (Å²) in [5.74, 6) is -0.713. The van der Waals surface area contributed by atoms with Gasteiger partial charge in [0, 0.05) is 7.11 Å². The summed E-state index contributed by atoms with van der Waals surface area (Å²) in [5.41, 5.74) is 0. The molecule has 5 nitrogen and oxygen atoms in total. The Morgan fingerprint density at radius 3 is 2.25 bits per heavy atom. The molecule has 3 atom stereocenters. The first-order valence-electron chi connectivity index (χ1n) is 3.58. The summed E-state index contributed by atoms with van der Waals surface area (Å²) in [4.78, 5) is 11.1. The van der Waals surface area contributed by atoms with E-state index < -0.39 is 30.7 Å². The zero-order valence-electron chi connectivity index (χ0n) is 7.10. The topological polar surface area (TPSA) is 87.0 Å². The predicted octanol–water partition coefficient (Wildman–Crippen LogP) is -1.70. The molecule has 0 saturated heterocycles. The second kappa shape index (κ2) is 5.21. The summed E-state index contributed by atoms with van der Waals surface area (Å²) in [6.07, 6.45) is -3.56. The van der Waals surface area contributed by atoms with Crippen LogP contribution in [0.2, 0.25) is 0 Å². The summed E-state index contributed by atoms with van der Waals surface area (Å²) in [6, 6.07) is 0. The van der Waals surface area contributed by atoms with Crippen LogP contribution in [0.1, 0.15) is 6.92 Å². The predicted molar refractivity (Wildman–Crippen MR) is 40.6 cm³/mol. The zero-order valence-corrected chi connectivity index (χ0v) is 7.10. The van der Waals surface area contributed by atoms with Gasteiger partial charge in [-0.3, -0.25) is 4.79 Å². The average molecular weight is 178 g/mol. The van der Waals surface area contributed by atoms with Crippen molar-refractivity contribution in [3.8, 4) is 0 Å². The van der Waals surface area contributed by atoms with Crippen molar-refractivity contribution in [3.05, 3.63) is 0 Å². The summed E-state index contributed by atoms with van der Waals surface area (Å²) in [7, 11) is 1.25. The van der Waals surface area contributed by atoms with Crippen molar-refractivity contribution in [2.75, 3.05) is 13.7 Å². The van der Waals surface area contributed by atoms with E-state index in [2.05, 4.69) is 4.74 Å². The van der Waals surface area contributed by atoms with Crippen molar-refractivity contribution >= 4 is 5.78 Å². The molecule has 0 radical (unpaired) electrons. The van der Waals surface area contributed by atoms with E-state index in [-0.39, 0.29) is 0 Å². The molecule has 0 spiro atoms. The molecule has 0 aliphatic heterocycles. The van der Waals surface area contributed by atoms with Crippen LogP contribution in [0, 0.1) is 0 Å². The lowest BCUT2D eigenvalue weighted by Crippen LogP contribution is -2.41. The highest BCUT2D eigenvalue weighted by Crippen LogP contribution is 2.02. The average Bonchev–Trinajstić information content (AvgIpc) is 2.03. The van der Waals surface area contributed by atoms with Gasteiger partial charge in [0.05, 0.1) is 12.7 Å². The smallest absolute Gasteiger partial charge is 0.194 e. The Hall–Kier alpha value is -0.490. The molecule has 0 saturated carbocycles. The van der Waals surface area contributed by atoms with Gasteiger partial charge in [0.1, 0.15) is 12.2 Å². The van der Waals surface area contributed by atoms with E-state index in [0.29, 0.717) is 0 Å². The standard InChI is InChI=1S/C7H14O5/c1-4(9)7(12-2)6(11)5(10)3-8/h4-5,7-10H,3H2,1-2H3/t4-,5+,7-/m1/s1. The zero-order chi connectivity index (χ0) is 9.72. The highest BCUT2D eigenvalue weighted by Gasteiger charge is 2.28. The lowest BCUT2D eigenvalue weighted by atomic mass is 10.1. The number of ether oxygens (including phenoxy) is 1. The Morgan fingerprint density at radius 2 is 2.00 bits per heavy atom. The summed E-state index contributed by atoms with van der Waals surface area (Å²) < 4.78 is 4.63. The number of Topliss-reactive ketones (excluding diaryl/α,β-unsaturated/α-hetero) is 1. The van der Waals surface area contributed by atoms with Crippen LogP contribution in [0.15, 0.2) is 0 Å². The Bertz CT molecular complexity index is 145. The van der Waals surface area contributed by atoms with E-state index in [1.807, 2.05) is 0 Å². The van der Waals surface area contributed by atoms with Gasteiger partial charge >= 0.3 is 0 Å². The third-order valence-electron chi connectivity index (χ3n) is 1.47. The van der Waals surface area contributed by atoms with Crippen LogP contribution in [0.4, 0.5) is 0 Å². The summed E-state index contributed by atoms with van der Waals surface area (Å²) in [6.45, 7) is 0.710. The molecule has 12 heavy (non-hydrogen) atoms. The number of carbonyl (C=O) groups is 1. The van der Waals surface area contributed by atoms with Crippen molar-refractivity contribution < 1.29 is 24.9 Å². The fraction of sp³-hybridized carbons (Fsp3) is 0.857. The molecule has 0 bridgehead atoms. The number of ketones is 1. The van der Waals surface area contributed by atoms with Crippen LogP contribution in [0.3, 0.4) is 0 Å². The second-order valence-corrected chi connectivity index (χ2v) is 2.50. The fourth-order valence-electron chi connectivity index (χ4n) is 0.830. The van der Waals surface area contributed by atoms with Crippen LogP contribution in [0.25, 0.3) is 0 Å². The molecule has 0 aromatic rings. The van der Waals surface area contributed by atoms with E-state index in [9.17, 15) is 4.79 Å². The number of hydrogen-bond donors (Lipinski definition) is 3. The number of aliphatic hydroxyl groups is 3. The molecule has 0 aliphatic carbocycles. The Balaban J connectivity index is 4.21. The van der Waals surface area contributed by atoms with Crippen molar-refractivity contribution in [2.45, 2.75) is 25.2 Å². The van der Waals surface area contributed by atoms with E-state index >= 15 is 0 Å². The first kappa shape index (κ1) is 11.5.